The van der Waals surface area contributed by atoms with Gasteiger partial charge < -0.3 is 4.90 Å². The summed E-state index contributed by atoms with van der Waals surface area (Å²) in [5.74, 6) is -0.347. The van der Waals surface area contributed by atoms with Crippen molar-refractivity contribution in [3.05, 3.63) is 30.1 Å². The third kappa shape index (κ3) is 2.85. The van der Waals surface area contributed by atoms with Crippen LogP contribution in [-0.2, 0) is 11.0 Å². The Morgan fingerprint density at radius 1 is 1.36 bits per heavy atom. The van der Waals surface area contributed by atoms with Gasteiger partial charge in [0.25, 0.3) is 5.91 Å². The fourth-order valence-corrected chi connectivity index (χ4v) is 3.11. The van der Waals surface area contributed by atoms with Crippen LogP contribution in [0.25, 0.3) is 5.52 Å². The van der Waals surface area contributed by atoms with Crippen molar-refractivity contribution >= 4 is 28.1 Å². The number of nitrogens with one attached hydrogen (secondary N) is 1. The molecule has 2 aromatic rings. The highest BCUT2D eigenvalue weighted by molar-refractivity contribution is 7.84. The van der Waals surface area contributed by atoms with E-state index in [1.807, 2.05) is 18.3 Å². The van der Waals surface area contributed by atoms with Crippen LogP contribution >= 0.6 is 0 Å². The molecule has 1 unspecified atom stereocenters. The van der Waals surface area contributed by atoms with E-state index in [9.17, 15) is 9.00 Å². The van der Waals surface area contributed by atoms with Gasteiger partial charge in [0, 0.05) is 30.2 Å². The van der Waals surface area contributed by atoms with Gasteiger partial charge in [-0.2, -0.15) is 5.10 Å². The molecular formula is C15H20N4O2S. The van der Waals surface area contributed by atoms with E-state index < -0.39 is 11.0 Å². The smallest absolute Gasteiger partial charge is 0.266 e. The highest BCUT2D eigenvalue weighted by atomic mass is 32.2. The Bertz CT molecular complexity index is 719. The lowest BCUT2D eigenvalue weighted by atomic mass is 10.2. The van der Waals surface area contributed by atoms with E-state index in [4.69, 9.17) is 0 Å². The highest BCUT2D eigenvalue weighted by Crippen LogP contribution is 2.23. The first-order valence-corrected chi connectivity index (χ1v) is 8.71. The Morgan fingerprint density at radius 2 is 2.09 bits per heavy atom. The molecule has 1 aliphatic heterocycles. The zero-order valence-electron chi connectivity index (χ0n) is 12.8. The van der Waals surface area contributed by atoms with Gasteiger partial charge in [-0.1, -0.05) is 0 Å². The molecule has 0 aliphatic carbocycles. The quantitative estimate of drug-likeness (QED) is 0.932. The number of rotatable bonds is 4. The summed E-state index contributed by atoms with van der Waals surface area (Å²) in [7, 11) is -1.38. The zero-order valence-corrected chi connectivity index (χ0v) is 13.6. The van der Waals surface area contributed by atoms with Crippen LogP contribution in [0.4, 0.5) is 5.69 Å². The number of nitrogens with zero attached hydrogens (tertiary/aromatic N) is 3. The lowest BCUT2D eigenvalue weighted by molar-refractivity contribution is 0.0984. The minimum absolute atomic E-state index is 0.119. The van der Waals surface area contributed by atoms with E-state index in [1.165, 1.54) is 19.0 Å². The van der Waals surface area contributed by atoms with Crippen molar-refractivity contribution in [1.82, 2.24) is 14.3 Å². The minimum Gasteiger partial charge on any atom is -0.371 e. The Balaban J connectivity index is 1.91. The van der Waals surface area contributed by atoms with Gasteiger partial charge in [-0.15, -0.1) is 0 Å². The third-order valence-corrected chi connectivity index (χ3v) is 5.09. The second kappa shape index (κ2) is 6.08. The van der Waals surface area contributed by atoms with E-state index >= 15 is 0 Å². The van der Waals surface area contributed by atoms with Crippen molar-refractivity contribution in [1.29, 1.82) is 0 Å². The largest absolute Gasteiger partial charge is 0.371 e. The van der Waals surface area contributed by atoms with Gasteiger partial charge in [0.1, 0.15) is 11.0 Å². The summed E-state index contributed by atoms with van der Waals surface area (Å²) >= 11 is 0. The minimum atomic E-state index is -1.38. The highest BCUT2D eigenvalue weighted by Gasteiger charge is 2.18. The molecule has 0 aromatic carbocycles. The first kappa shape index (κ1) is 15.0. The van der Waals surface area contributed by atoms with Crippen LogP contribution in [-0.4, -0.2) is 38.1 Å². The number of hydrogen-bond acceptors (Lipinski definition) is 4. The van der Waals surface area contributed by atoms with Gasteiger partial charge in [-0.25, -0.2) is 8.72 Å². The van der Waals surface area contributed by atoms with E-state index in [-0.39, 0.29) is 11.2 Å². The molecule has 0 bridgehead atoms. The SMILES string of the molecule is CC(C)S(=O)NC(=O)c1cnn2ccc(N3CCCC3)cc12. The van der Waals surface area contributed by atoms with Crippen LogP contribution in [0.15, 0.2) is 24.5 Å². The fraction of sp³-hybridized carbons (Fsp3) is 0.467. The average Bonchev–Trinajstić information content (AvgIpc) is 3.15. The van der Waals surface area contributed by atoms with Gasteiger partial charge in [-0.3, -0.25) is 9.52 Å². The predicted molar refractivity (Wildman–Crippen MR) is 87.4 cm³/mol. The topological polar surface area (TPSA) is 66.7 Å². The van der Waals surface area contributed by atoms with Gasteiger partial charge in [0.05, 0.1) is 17.3 Å². The molecular weight excluding hydrogens is 300 g/mol. The summed E-state index contributed by atoms with van der Waals surface area (Å²) in [6.07, 6.45) is 5.78. The molecule has 1 atom stereocenters. The van der Waals surface area contributed by atoms with E-state index in [2.05, 4.69) is 14.7 Å². The van der Waals surface area contributed by atoms with Crippen molar-refractivity contribution in [2.75, 3.05) is 18.0 Å². The van der Waals surface area contributed by atoms with Gasteiger partial charge in [-0.05, 0) is 38.8 Å². The van der Waals surface area contributed by atoms with Gasteiger partial charge in [0.2, 0.25) is 0 Å². The first-order chi connectivity index (χ1) is 10.6. The molecule has 1 N–H and O–H groups in total. The molecule has 22 heavy (non-hydrogen) atoms. The number of pyridine rings is 1. The van der Waals surface area contributed by atoms with Crippen LogP contribution in [0.5, 0.6) is 0 Å². The molecule has 0 saturated carbocycles. The summed E-state index contributed by atoms with van der Waals surface area (Å²) < 4.78 is 16.0. The Kier molecular flexibility index (Phi) is 4.15. The molecule has 118 valence electrons. The zero-order chi connectivity index (χ0) is 15.7. The van der Waals surface area contributed by atoms with Crippen LogP contribution in [0.3, 0.4) is 0 Å². The summed E-state index contributed by atoms with van der Waals surface area (Å²) in [5.41, 5.74) is 2.29. The second-order valence-corrected chi connectivity index (χ2v) is 7.49. The van der Waals surface area contributed by atoms with E-state index in [0.717, 1.165) is 24.3 Å². The third-order valence-electron chi connectivity index (χ3n) is 3.84. The fourth-order valence-electron chi connectivity index (χ4n) is 2.58. The number of hydrogen-bond donors (Lipinski definition) is 1. The van der Waals surface area contributed by atoms with Crippen LogP contribution in [0, 0.1) is 0 Å². The maximum Gasteiger partial charge on any atom is 0.266 e. The maximum absolute atomic E-state index is 12.3. The van der Waals surface area contributed by atoms with Crippen molar-refractivity contribution in [2.24, 2.45) is 0 Å². The number of fused-ring (bicyclic) bond motifs is 1. The molecule has 0 radical (unpaired) electrons. The normalized spacial score (nSPS) is 16.4. The molecule has 3 heterocycles. The number of aromatic nitrogens is 2. The lowest BCUT2D eigenvalue weighted by Gasteiger charge is -2.17. The monoisotopic (exact) mass is 320 g/mol. The Labute approximate surface area is 132 Å². The molecule has 3 rings (SSSR count). The average molecular weight is 320 g/mol. The second-order valence-electron chi connectivity index (χ2n) is 5.74. The number of anilines is 1. The van der Waals surface area contributed by atoms with Crippen molar-refractivity contribution in [3.63, 3.8) is 0 Å². The summed E-state index contributed by atoms with van der Waals surface area (Å²) in [5, 5.41) is 4.08. The maximum atomic E-state index is 12.3. The van der Waals surface area contributed by atoms with Crippen molar-refractivity contribution in [2.45, 2.75) is 31.9 Å². The van der Waals surface area contributed by atoms with E-state index in [1.54, 1.807) is 18.4 Å². The molecule has 0 spiro atoms. The standard InChI is InChI=1S/C15H20N4O2S/c1-11(2)22(21)17-15(20)13-10-16-19-8-5-12(9-14(13)19)18-6-3-4-7-18/h5,8-11H,3-4,6-7H2,1-2H3,(H,17,20). The predicted octanol–water partition coefficient (Wildman–Crippen LogP) is 1.74. The van der Waals surface area contributed by atoms with Crippen molar-refractivity contribution < 1.29 is 9.00 Å². The summed E-state index contributed by atoms with van der Waals surface area (Å²) in [6, 6.07) is 3.99. The first-order valence-electron chi connectivity index (χ1n) is 7.50. The Morgan fingerprint density at radius 3 is 2.77 bits per heavy atom. The van der Waals surface area contributed by atoms with E-state index in [0.29, 0.717) is 5.56 Å². The number of carbonyl (C=O) groups excluding carboxylic acids is 1. The van der Waals surface area contributed by atoms with Crippen LogP contribution in [0.1, 0.15) is 37.0 Å². The van der Waals surface area contributed by atoms with Crippen LogP contribution < -0.4 is 9.62 Å². The molecule has 1 saturated heterocycles. The summed E-state index contributed by atoms with van der Waals surface area (Å²) in [6.45, 7) is 5.70. The molecule has 1 amide bonds. The molecule has 7 heteroatoms. The molecule has 1 aliphatic rings. The van der Waals surface area contributed by atoms with Crippen molar-refractivity contribution in [3.8, 4) is 0 Å². The molecule has 6 nitrogen and oxygen atoms in total. The summed E-state index contributed by atoms with van der Waals surface area (Å²) in [4.78, 5) is 14.6. The number of carbonyl (C=O) groups is 1. The van der Waals surface area contributed by atoms with Gasteiger partial charge >= 0.3 is 0 Å². The Hall–Kier alpha value is -1.89. The lowest BCUT2D eigenvalue weighted by Crippen LogP contribution is -2.30. The van der Waals surface area contributed by atoms with Crippen LogP contribution in [0.2, 0.25) is 0 Å². The number of amides is 1. The molecule has 1 fully saturated rings. The molecule has 2 aromatic heterocycles. The van der Waals surface area contributed by atoms with Gasteiger partial charge in [0.15, 0.2) is 0 Å².